The summed E-state index contributed by atoms with van der Waals surface area (Å²) in [5.41, 5.74) is 2.92. The molecule has 2 atom stereocenters. The molecule has 0 saturated carbocycles. The van der Waals surface area contributed by atoms with Gasteiger partial charge in [0.1, 0.15) is 11.5 Å². The first kappa shape index (κ1) is 39.4. The third-order valence-corrected chi connectivity index (χ3v) is 11.5. The smallest absolute Gasteiger partial charge is 0.326 e. The molecule has 0 spiro atoms. The minimum absolute atomic E-state index is 0.232. The number of amides is 2. The number of hydrogen-bond donors (Lipinski definition) is 0. The van der Waals surface area contributed by atoms with Crippen molar-refractivity contribution in [3.63, 3.8) is 0 Å². The maximum atomic E-state index is 16.1. The molecule has 2 aliphatic heterocycles. The molecule has 296 valence electrons. The van der Waals surface area contributed by atoms with E-state index in [2.05, 4.69) is 68.3 Å². The first-order valence-electron chi connectivity index (χ1n) is 19.6. The summed E-state index contributed by atoms with van der Waals surface area (Å²) in [5, 5.41) is 1.21. The van der Waals surface area contributed by atoms with Crippen LogP contribution in [0.25, 0.3) is 0 Å². The molecular formula is C47H46Cl2N6O3. The summed E-state index contributed by atoms with van der Waals surface area (Å²) in [6.07, 6.45) is 7.08. The van der Waals surface area contributed by atoms with Crippen molar-refractivity contribution in [3.8, 4) is 11.5 Å². The number of ether oxygens (including phenoxy) is 2. The number of benzene rings is 4. The van der Waals surface area contributed by atoms with Gasteiger partial charge in [0.05, 0.1) is 13.1 Å². The maximum absolute atomic E-state index is 16.1. The van der Waals surface area contributed by atoms with Gasteiger partial charge < -0.3 is 9.47 Å². The minimum Gasteiger partial charge on any atom is -0.462 e. The number of halogens is 2. The number of aryl methyl sites for hydroxylation is 2. The van der Waals surface area contributed by atoms with Crippen LogP contribution in [0.4, 0.5) is 4.79 Å². The molecule has 58 heavy (non-hydrogen) atoms. The fraction of sp³-hybridized carbons (Fsp3) is 0.255. The molecular weight excluding hydrogens is 767 g/mol. The molecule has 0 bridgehead atoms. The van der Waals surface area contributed by atoms with E-state index in [-0.39, 0.29) is 6.03 Å². The molecule has 2 aliphatic rings. The number of aromatic nitrogens is 2. The predicted octanol–water partition coefficient (Wildman–Crippen LogP) is 9.32. The molecule has 9 nitrogen and oxygen atoms in total. The fourth-order valence-corrected chi connectivity index (χ4v) is 8.62. The van der Waals surface area contributed by atoms with Crippen LogP contribution in [0.3, 0.4) is 0 Å². The molecule has 8 rings (SSSR count). The van der Waals surface area contributed by atoms with E-state index >= 15 is 4.79 Å². The van der Waals surface area contributed by atoms with Crippen LogP contribution in [0.5, 0.6) is 11.5 Å². The summed E-state index contributed by atoms with van der Waals surface area (Å²) in [6, 6.07) is 39.4. The Morgan fingerprint density at radius 1 is 0.586 bits per heavy atom. The van der Waals surface area contributed by atoms with Gasteiger partial charge in [0, 0.05) is 85.2 Å². The highest BCUT2D eigenvalue weighted by Gasteiger charge is 2.55. The zero-order valence-electron chi connectivity index (χ0n) is 32.7. The van der Waals surface area contributed by atoms with Gasteiger partial charge in [-0.1, -0.05) is 83.9 Å². The predicted molar refractivity (Wildman–Crippen MR) is 228 cm³/mol. The largest absolute Gasteiger partial charge is 0.462 e. The molecule has 2 aromatic heterocycles. The van der Waals surface area contributed by atoms with Gasteiger partial charge >= 0.3 is 6.03 Å². The zero-order valence-corrected chi connectivity index (χ0v) is 34.2. The average Bonchev–Trinajstić information content (AvgIpc) is 3.24. The van der Waals surface area contributed by atoms with Crippen molar-refractivity contribution < 1.29 is 14.3 Å². The van der Waals surface area contributed by atoms with Crippen LogP contribution >= 0.6 is 23.2 Å². The molecule has 0 N–H and O–H groups in total. The third-order valence-electron chi connectivity index (χ3n) is 11.0. The van der Waals surface area contributed by atoms with Gasteiger partial charge in [-0.3, -0.25) is 29.6 Å². The summed E-state index contributed by atoms with van der Waals surface area (Å²) in [4.78, 5) is 33.7. The lowest BCUT2D eigenvalue weighted by Gasteiger charge is -2.55. The third kappa shape index (κ3) is 8.26. The Labute approximate surface area is 350 Å². The van der Waals surface area contributed by atoms with E-state index in [1.807, 2.05) is 96.4 Å². The van der Waals surface area contributed by atoms with Crippen molar-refractivity contribution >= 4 is 29.2 Å². The Balaban J connectivity index is 1.27. The Morgan fingerprint density at radius 3 is 1.40 bits per heavy atom. The van der Waals surface area contributed by atoms with Gasteiger partial charge in [-0.15, -0.1) is 0 Å². The number of piperazine rings is 2. The highest BCUT2D eigenvalue weighted by Crippen LogP contribution is 2.43. The fourth-order valence-electron chi connectivity index (χ4n) is 8.17. The summed E-state index contributed by atoms with van der Waals surface area (Å²) in [5.74, 6) is 1.23. The number of urea groups is 1. The van der Waals surface area contributed by atoms with Gasteiger partial charge in [-0.2, -0.15) is 0 Å². The molecule has 2 amide bonds. The Bertz CT molecular complexity index is 2160. The second-order valence-electron chi connectivity index (χ2n) is 15.1. The minimum atomic E-state index is -1.31. The molecule has 0 aliphatic carbocycles. The molecule has 4 heterocycles. The summed E-state index contributed by atoms with van der Waals surface area (Å²) in [7, 11) is 0. The van der Waals surface area contributed by atoms with E-state index in [1.54, 1.807) is 24.8 Å². The second-order valence-corrected chi connectivity index (χ2v) is 15.9. The lowest BCUT2D eigenvalue weighted by atomic mass is 9.95. The van der Waals surface area contributed by atoms with Gasteiger partial charge in [0.25, 0.3) is 0 Å². The van der Waals surface area contributed by atoms with Crippen molar-refractivity contribution in [2.75, 3.05) is 39.3 Å². The summed E-state index contributed by atoms with van der Waals surface area (Å²) >= 11 is 12.9. The van der Waals surface area contributed by atoms with E-state index in [0.29, 0.717) is 73.9 Å². The molecule has 4 aromatic carbocycles. The van der Waals surface area contributed by atoms with E-state index in [4.69, 9.17) is 32.7 Å². The molecule has 2 saturated heterocycles. The first-order chi connectivity index (χ1) is 28.2. The van der Waals surface area contributed by atoms with Gasteiger partial charge in [-0.05, 0) is 96.8 Å². The van der Waals surface area contributed by atoms with Crippen LogP contribution in [-0.2, 0) is 24.5 Å². The van der Waals surface area contributed by atoms with E-state index < -0.39 is 11.4 Å². The quantitative estimate of drug-likeness (QED) is 0.137. The number of carbonyl (C=O) groups is 1. The lowest BCUT2D eigenvalue weighted by molar-refractivity contribution is -0.156. The number of rotatable bonds is 10. The van der Waals surface area contributed by atoms with Gasteiger partial charge in [0.15, 0.2) is 0 Å². The van der Waals surface area contributed by atoms with Crippen LogP contribution < -0.4 is 9.47 Å². The average molecular weight is 814 g/mol. The van der Waals surface area contributed by atoms with Crippen molar-refractivity contribution in [2.45, 2.75) is 38.4 Å². The SMILES string of the molecule is Cc1cc(Cl)ccc1O[C@@]1(c2cccnc2)CN(Cc2ccccc2)CCN1C(=O)N1CCN(Cc2ccccc2)C[C@@]1(Oc1ccc(Cl)cc1C)c1cccnc1. The van der Waals surface area contributed by atoms with Crippen molar-refractivity contribution in [1.29, 1.82) is 0 Å². The topological polar surface area (TPSA) is 74.3 Å². The number of hydrogen-bond acceptors (Lipinski definition) is 7. The van der Waals surface area contributed by atoms with Crippen LogP contribution in [0.15, 0.2) is 146 Å². The molecule has 11 heteroatoms. The molecule has 0 radical (unpaired) electrons. The van der Waals surface area contributed by atoms with Crippen LogP contribution in [0, 0.1) is 13.8 Å². The molecule has 2 fully saturated rings. The summed E-state index contributed by atoms with van der Waals surface area (Å²) in [6.45, 7) is 7.95. The van der Waals surface area contributed by atoms with Crippen LogP contribution in [0.2, 0.25) is 10.0 Å². The van der Waals surface area contributed by atoms with E-state index in [1.165, 1.54) is 11.1 Å². The Morgan fingerprint density at radius 2 is 1.02 bits per heavy atom. The lowest BCUT2D eigenvalue weighted by Crippen LogP contribution is -2.71. The molecule has 0 unspecified atom stereocenters. The van der Waals surface area contributed by atoms with E-state index in [0.717, 1.165) is 22.3 Å². The van der Waals surface area contributed by atoms with Gasteiger partial charge in [0.2, 0.25) is 11.4 Å². The van der Waals surface area contributed by atoms with Crippen molar-refractivity contribution in [3.05, 3.63) is 190 Å². The van der Waals surface area contributed by atoms with Crippen molar-refractivity contribution in [1.82, 2.24) is 29.6 Å². The maximum Gasteiger partial charge on any atom is 0.326 e. The first-order valence-corrected chi connectivity index (χ1v) is 20.3. The van der Waals surface area contributed by atoms with Crippen molar-refractivity contribution in [2.24, 2.45) is 0 Å². The van der Waals surface area contributed by atoms with E-state index in [9.17, 15) is 0 Å². The van der Waals surface area contributed by atoms with Crippen LogP contribution in [-0.4, -0.2) is 74.9 Å². The number of carbonyl (C=O) groups excluding carboxylic acids is 1. The summed E-state index contributed by atoms with van der Waals surface area (Å²) < 4.78 is 14.6. The second kappa shape index (κ2) is 17.2. The monoisotopic (exact) mass is 812 g/mol. The Hall–Kier alpha value is -5.45. The Kier molecular flexibility index (Phi) is 11.7. The zero-order chi connectivity index (χ0) is 40.1. The van der Waals surface area contributed by atoms with Crippen LogP contribution in [0.1, 0.15) is 33.4 Å². The van der Waals surface area contributed by atoms with Gasteiger partial charge in [-0.25, -0.2) is 4.79 Å². The molecule has 6 aromatic rings. The highest BCUT2D eigenvalue weighted by molar-refractivity contribution is 6.31. The number of nitrogens with zero attached hydrogens (tertiary/aromatic N) is 6. The normalized spacial score (nSPS) is 20.1. The highest BCUT2D eigenvalue weighted by atomic mass is 35.5. The number of pyridine rings is 2. The standard InChI is InChI=1S/C47H46Cl2N6O3/c1-35-27-41(48)17-19-43(35)57-46(39-15-9-21-50-29-39)33-52(31-37-11-5-3-6-12-37)23-25-54(46)45(56)55-26-24-53(32-38-13-7-4-8-14-38)34-47(55,40-16-10-22-51-30-40)58-44-20-18-42(49)28-36(44)2/h3-22,27-30H,23-26,31-34H2,1-2H3/t46-,47-/m1/s1.